The van der Waals surface area contributed by atoms with Crippen LogP contribution < -0.4 is 10.1 Å². The summed E-state index contributed by atoms with van der Waals surface area (Å²) in [4.78, 5) is 4.81. The molecule has 0 unspecified atom stereocenters. The molecule has 1 heterocycles. The van der Waals surface area contributed by atoms with Crippen LogP contribution in [0.3, 0.4) is 0 Å². The van der Waals surface area contributed by atoms with Crippen LogP contribution in [-0.4, -0.2) is 17.6 Å². The largest absolute Gasteiger partial charge is 0.493 e. The molecule has 1 aromatic carbocycles. The Morgan fingerprint density at radius 3 is 2.74 bits per heavy atom. The minimum Gasteiger partial charge on any atom is -0.493 e. The number of ether oxygens (including phenoxy) is 1. The number of nitrogens with zero attached hydrogens (tertiary/aromatic N) is 1. The molecule has 2 aromatic rings. The van der Waals surface area contributed by atoms with Crippen molar-refractivity contribution in [3.63, 3.8) is 0 Å². The summed E-state index contributed by atoms with van der Waals surface area (Å²) in [6.07, 6.45) is 4.84. The molecule has 0 spiro atoms. The first-order chi connectivity index (χ1) is 11.3. The summed E-state index contributed by atoms with van der Waals surface area (Å²) in [5.74, 6) is 0.928. The van der Waals surface area contributed by atoms with Gasteiger partial charge in [0.25, 0.3) is 0 Å². The van der Waals surface area contributed by atoms with Gasteiger partial charge >= 0.3 is 0 Å². The number of unbranched alkanes of at least 4 members (excludes halogenated alkanes) is 1. The molecule has 1 N–H and O–H groups in total. The number of hydrogen-bond donors (Lipinski definition) is 1. The molecule has 3 heteroatoms. The highest BCUT2D eigenvalue weighted by Gasteiger charge is 2.20. The number of nitrogens with one attached hydrogen (secondary N) is 1. The third-order valence-corrected chi connectivity index (χ3v) is 4.27. The lowest BCUT2D eigenvalue weighted by molar-refractivity contribution is 0.310. The van der Waals surface area contributed by atoms with Crippen molar-refractivity contribution in [1.29, 1.82) is 0 Å². The van der Waals surface area contributed by atoms with Gasteiger partial charge in [-0.1, -0.05) is 31.5 Å². The summed E-state index contributed by atoms with van der Waals surface area (Å²) in [5, 5.41) is 3.55. The average molecular weight is 310 g/mol. The molecule has 1 aliphatic carbocycles. The predicted molar refractivity (Wildman–Crippen MR) is 94.7 cm³/mol. The maximum absolute atomic E-state index is 5.94. The minimum absolute atomic E-state index is 0.724. The van der Waals surface area contributed by atoms with Gasteiger partial charge in [0.1, 0.15) is 5.75 Å². The van der Waals surface area contributed by atoms with Crippen LogP contribution in [0.15, 0.2) is 36.4 Å². The maximum Gasteiger partial charge on any atom is 0.128 e. The van der Waals surface area contributed by atoms with Crippen LogP contribution in [0.25, 0.3) is 11.3 Å². The zero-order valence-corrected chi connectivity index (χ0v) is 14.1. The van der Waals surface area contributed by atoms with E-state index < -0.39 is 0 Å². The summed E-state index contributed by atoms with van der Waals surface area (Å²) in [6.45, 7) is 5.94. The smallest absolute Gasteiger partial charge is 0.128 e. The van der Waals surface area contributed by atoms with Gasteiger partial charge in [-0.25, -0.2) is 0 Å². The summed E-state index contributed by atoms with van der Waals surface area (Å²) in [6, 6.07) is 13.2. The zero-order chi connectivity index (χ0) is 16.1. The molecular formula is C20H26N2O. The van der Waals surface area contributed by atoms with Gasteiger partial charge in [0.05, 0.1) is 12.3 Å². The zero-order valence-electron chi connectivity index (χ0n) is 14.1. The Kier molecular flexibility index (Phi) is 5.29. The molecule has 3 rings (SSSR count). The quantitative estimate of drug-likeness (QED) is 0.730. The van der Waals surface area contributed by atoms with E-state index in [4.69, 9.17) is 9.72 Å². The van der Waals surface area contributed by atoms with Crippen LogP contribution in [0.2, 0.25) is 0 Å². The number of rotatable bonds is 8. The fourth-order valence-electron chi connectivity index (χ4n) is 2.60. The number of aromatic nitrogens is 1. The molecule has 1 saturated carbocycles. The minimum atomic E-state index is 0.724. The summed E-state index contributed by atoms with van der Waals surface area (Å²) >= 11 is 0. The molecule has 0 saturated heterocycles. The van der Waals surface area contributed by atoms with Crippen LogP contribution in [0.1, 0.15) is 43.9 Å². The molecule has 0 atom stereocenters. The van der Waals surface area contributed by atoms with Gasteiger partial charge in [0, 0.05) is 23.8 Å². The lowest BCUT2D eigenvalue weighted by Crippen LogP contribution is -2.16. The molecule has 0 bridgehead atoms. The Bertz CT molecular complexity index is 650. The van der Waals surface area contributed by atoms with Crippen LogP contribution in [-0.2, 0) is 6.54 Å². The summed E-state index contributed by atoms with van der Waals surface area (Å²) < 4.78 is 5.94. The van der Waals surface area contributed by atoms with Crippen molar-refractivity contribution in [3.8, 4) is 17.0 Å². The first kappa shape index (κ1) is 16.0. The van der Waals surface area contributed by atoms with E-state index in [-0.39, 0.29) is 0 Å². The Morgan fingerprint density at radius 2 is 2.00 bits per heavy atom. The van der Waals surface area contributed by atoms with Crippen molar-refractivity contribution in [1.82, 2.24) is 10.3 Å². The van der Waals surface area contributed by atoms with Crippen molar-refractivity contribution in [3.05, 3.63) is 47.7 Å². The SMILES string of the molecule is CCCCOc1ccccc1-c1ccc(CNC2CC2)c(C)n1. The van der Waals surface area contributed by atoms with Gasteiger partial charge in [0.15, 0.2) is 0 Å². The number of benzene rings is 1. The Labute approximate surface area is 139 Å². The fourth-order valence-corrected chi connectivity index (χ4v) is 2.60. The first-order valence-electron chi connectivity index (χ1n) is 8.70. The molecule has 23 heavy (non-hydrogen) atoms. The van der Waals surface area contributed by atoms with Crippen molar-refractivity contribution >= 4 is 0 Å². The highest BCUT2D eigenvalue weighted by molar-refractivity contribution is 5.67. The molecule has 3 nitrogen and oxygen atoms in total. The normalized spacial score (nSPS) is 14.0. The van der Waals surface area contributed by atoms with E-state index in [0.717, 1.165) is 54.7 Å². The van der Waals surface area contributed by atoms with Crippen molar-refractivity contribution in [2.45, 2.75) is 52.1 Å². The van der Waals surface area contributed by atoms with Crippen LogP contribution in [0, 0.1) is 6.92 Å². The molecule has 1 fully saturated rings. The van der Waals surface area contributed by atoms with Crippen molar-refractivity contribution < 1.29 is 4.74 Å². The van der Waals surface area contributed by atoms with E-state index in [0.29, 0.717) is 0 Å². The Balaban J connectivity index is 1.76. The summed E-state index contributed by atoms with van der Waals surface area (Å²) in [5.41, 5.74) is 4.45. The molecule has 0 amide bonds. The first-order valence-corrected chi connectivity index (χ1v) is 8.70. The van der Waals surface area contributed by atoms with E-state index >= 15 is 0 Å². The fraction of sp³-hybridized carbons (Fsp3) is 0.450. The van der Waals surface area contributed by atoms with Gasteiger partial charge in [-0.2, -0.15) is 0 Å². The van der Waals surface area contributed by atoms with E-state index in [9.17, 15) is 0 Å². The van der Waals surface area contributed by atoms with Crippen molar-refractivity contribution in [2.75, 3.05) is 6.61 Å². The lowest BCUT2D eigenvalue weighted by atomic mass is 10.1. The molecular weight excluding hydrogens is 284 g/mol. The van der Waals surface area contributed by atoms with E-state index in [1.807, 2.05) is 18.2 Å². The molecule has 1 aliphatic rings. The molecule has 1 aromatic heterocycles. The van der Waals surface area contributed by atoms with Gasteiger partial charge in [-0.05, 0) is 49.9 Å². The van der Waals surface area contributed by atoms with Gasteiger partial charge in [-0.15, -0.1) is 0 Å². The number of aryl methyl sites for hydroxylation is 1. The average Bonchev–Trinajstić information content (AvgIpc) is 3.39. The highest BCUT2D eigenvalue weighted by atomic mass is 16.5. The Hall–Kier alpha value is -1.87. The number of para-hydroxylation sites is 1. The lowest BCUT2D eigenvalue weighted by Gasteiger charge is -2.13. The van der Waals surface area contributed by atoms with Gasteiger partial charge in [0.2, 0.25) is 0 Å². The third kappa shape index (κ3) is 4.32. The van der Waals surface area contributed by atoms with Crippen LogP contribution >= 0.6 is 0 Å². The molecule has 0 aliphatic heterocycles. The molecule has 122 valence electrons. The number of hydrogen-bond acceptors (Lipinski definition) is 3. The van der Waals surface area contributed by atoms with Crippen LogP contribution in [0.5, 0.6) is 5.75 Å². The maximum atomic E-state index is 5.94. The highest BCUT2D eigenvalue weighted by Crippen LogP contribution is 2.29. The third-order valence-electron chi connectivity index (χ3n) is 4.27. The second kappa shape index (κ2) is 7.60. The molecule has 0 radical (unpaired) electrons. The van der Waals surface area contributed by atoms with Gasteiger partial charge < -0.3 is 10.1 Å². The van der Waals surface area contributed by atoms with E-state index in [1.165, 1.54) is 18.4 Å². The number of pyridine rings is 1. The van der Waals surface area contributed by atoms with E-state index in [1.54, 1.807) is 0 Å². The second-order valence-electron chi connectivity index (χ2n) is 6.29. The second-order valence-corrected chi connectivity index (χ2v) is 6.29. The van der Waals surface area contributed by atoms with Gasteiger partial charge in [-0.3, -0.25) is 4.98 Å². The standard InChI is InChI=1S/C20H26N2O/c1-3-4-13-23-20-8-6-5-7-18(20)19-12-9-16(15(2)22-19)14-21-17-10-11-17/h5-9,12,17,21H,3-4,10-11,13-14H2,1-2H3. The van der Waals surface area contributed by atoms with Crippen LogP contribution in [0.4, 0.5) is 0 Å². The topological polar surface area (TPSA) is 34.1 Å². The monoisotopic (exact) mass is 310 g/mol. The van der Waals surface area contributed by atoms with Crippen molar-refractivity contribution in [2.24, 2.45) is 0 Å². The predicted octanol–water partition coefficient (Wildman–Crippen LogP) is 4.49. The Morgan fingerprint density at radius 1 is 1.17 bits per heavy atom. The summed E-state index contributed by atoms with van der Waals surface area (Å²) in [7, 11) is 0. The van der Waals surface area contributed by atoms with E-state index in [2.05, 4.69) is 37.4 Å².